The van der Waals surface area contributed by atoms with Gasteiger partial charge in [-0.1, -0.05) is 6.08 Å². The van der Waals surface area contributed by atoms with Crippen molar-refractivity contribution >= 4 is 0 Å². The monoisotopic (exact) mass is 186 g/mol. The Morgan fingerprint density at radius 3 is 2.38 bits per heavy atom. The highest BCUT2D eigenvalue weighted by atomic mass is 16.5. The minimum atomic E-state index is 0.533. The zero-order valence-electron chi connectivity index (χ0n) is 9.08. The summed E-state index contributed by atoms with van der Waals surface area (Å²) >= 11 is 0. The molecule has 0 saturated heterocycles. The van der Waals surface area contributed by atoms with E-state index >= 15 is 0 Å². The average molecular weight is 186 g/mol. The Bertz CT molecular complexity index is 107. The molecule has 1 fully saturated rings. The van der Waals surface area contributed by atoms with E-state index in [9.17, 15) is 0 Å². The zero-order chi connectivity index (χ0) is 10.1. The maximum Gasteiger partial charge on any atom is 0.0582 e. The van der Waals surface area contributed by atoms with Gasteiger partial charge in [0.15, 0.2) is 0 Å². The number of rotatable bonds is 4. The normalized spacial score (nSPS) is 25.5. The van der Waals surface area contributed by atoms with Crippen molar-refractivity contribution < 1.29 is 9.47 Å². The van der Waals surface area contributed by atoms with Crippen molar-refractivity contribution in [1.82, 2.24) is 0 Å². The highest BCUT2D eigenvalue weighted by Gasteiger charge is 2.28. The van der Waals surface area contributed by atoms with Crippen molar-refractivity contribution in [1.29, 1.82) is 0 Å². The quantitative estimate of drug-likeness (QED) is 0.628. The van der Waals surface area contributed by atoms with Crippen LogP contribution in [0.3, 0.4) is 0 Å². The summed E-state index contributed by atoms with van der Waals surface area (Å²) < 4.78 is 10.4. The molecular weight excluding hydrogens is 164 g/mol. The Kier molecular flexibility index (Phi) is 8.05. The molecule has 0 heterocycles. The molecule has 1 saturated carbocycles. The number of allylic oxidation sites excluding steroid dienone is 1. The lowest BCUT2D eigenvalue weighted by atomic mass is 9.83. The fourth-order valence-corrected chi connectivity index (χ4v) is 1.42. The van der Waals surface area contributed by atoms with E-state index in [4.69, 9.17) is 9.47 Å². The van der Waals surface area contributed by atoms with Gasteiger partial charge in [0.05, 0.1) is 6.10 Å². The van der Waals surface area contributed by atoms with Gasteiger partial charge in [0.25, 0.3) is 0 Å². The van der Waals surface area contributed by atoms with Crippen molar-refractivity contribution in [3.63, 3.8) is 0 Å². The molecule has 0 aromatic rings. The summed E-state index contributed by atoms with van der Waals surface area (Å²) in [5.74, 6) is 0.765. The van der Waals surface area contributed by atoms with Crippen LogP contribution in [0.5, 0.6) is 0 Å². The summed E-state index contributed by atoms with van der Waals surface area (Å²) in [7, 11) is 1.76. The van der Waals surface area contributed by atoms with Crippen LogP contribution in [0.25, 0.3) is 0 Å². The summed E-state index contributed by atoms with van der Waals surface area (Å²) in [6.07, 6.45) is 4.67. The second kappa shape index (κ2) is 8.27. The van der Waals surface area contributed by atoms with Crippen LogP contribution < -0.4 is 0 Å². The fourth-order valence-electron chi connectivity index (χ4n) is 1.42. The molecule has 0 aliphatic heterocycles. The Morgan fingerprint density at radius 1 is 1.46 bits per heavy atom. The van der Waals surface area contributed by atoms with Gasteiger partial charge in [-0.15, -0.1) is 6.58 Å². The van der Waals surface area contributed by atoms with Gasteiger partial charge in [-0.25, -0.2) is 0 Å². The van der Waals surface area contributed by atoms with Crippen molar-refractivity contribution in [3.8, 4) is 0 Å². The maximum absolute atomic E-state index is 5.40. The van der Waals surface area contributed by atoms with Crippen LogP contribution in [0, 0.1) is 5.92 Å². The molecule has 2 nitrogen and oxygen atoms in total. The zero-order valence-corrected chi connectivity index (χ0v) is 9.08. The maximum atomic E-state index is 5.40. The lowest BCUT2D eigenvalue weighted by Gasteiger charge is -2.34. The van der Waals surface area contributed by atoms with E-state index in [0.29, 0.717) is 6.10 Å². The Labute approximate surface area is 81.9 Å². The second-order valence-corrected chi connectivity index (χ2v) is 3.28. The first-order valence-corrected chi connectivity index (χ1v) is 4.96. The van der Waals surface area contributed by atoms with Gasteiger partial charge in [0.1, 0.15) is 0 Å². The molecule has 0 bridgehead atoms. The van der Waals surface area contributed by atoms with E-state index in [0.717, 1.165) is 19.1 Å². The van der Waals surface area contributed by atoms with E-state index in [1.165, 1.54) is 12.8 Å². The second-order valence-electron chi connectivity index (χ2n) is 3.28. The standard InChI is InChI=1S/C8H16O2.C3H6/c1-3-10-8-4-7(5-8)6-9-2;1-3-2/h7-8H,3-6H2,1-2H3;3H,1H2,2H3. The van der Waals surface area contributed by atoms with Crippen LogP contribution in [0.4, 0.5) is 0 Å². The molecular formula is C11H22O2. The molecule has 0 aromatic heterocycles. The largest absolute Gasteiger partial charge is 0.384 e. The molecule has 13 heavy (non-hydrogen) atoms. The molecule has 78 valence electrons. The highest BCUT2D eigenvalue weighted by Crippen LogP contribution is 2.29. The lowest BCUT2D eigenvalue weighted by Crippen LogP contribution is -2.33. The highest BCUT2D eigenvalue weighted by molar-refractivity contribution is 4.79. The van der Waals surface area contributed by atoms with Crippen molar-refractivity contribution in [3.05, 3.63) is 12.7 Å². The molecule has 0 N–H and O–H groups in total. The predicted octanol–water partition coefficient (Wildman–Crippen LogP) is 2.64. The van der Waals surface area contributed by atoms with Gasteiger partial charge in [-0.2, -0.15) is 0 Å². The first-order chi connectivity index (χ1) is 6.28. The topological polar surface area (TPSA) is 18.5 Å². The van der Waals surface area contributed by atoms with Crippen LogP contribution in [0.15, 0.2) is 12.7 Å². The predicted molar refractivity (Wildman–Crippen MR) is 55.9 cm³/mol. The molecule has 0 unspecified atom stereocenters. The van der Waals surface area contributed by atoms with Gasteiger partial charge in [0.2, 0.25) is 0 Å². The molecule has 0 spiro atoms. The van der Waals surface area contributed by atoms with Gasteiger partial charge in [-0.3, -0.25) is 0 Å². The van der Waals surface area contributed by atoms with Crippen LogP contribution in [0.2, 0.25) is 0 Å². The third-order valence-corrected chi connectivity index (χ3v) is 2.00. The van der Waals surface area contributed by atoms with Gasteiger partial charge < -0.3 is 9.47 Å². The smallest absolute Gasteiger partial charge is 0.0582 e. The lowest BCUT2D eigenvalue weighted by molar-refractivity contribution is -0.0454. The van der Waals surface area contributed by atoms with Crippen molar-refractivity contribution in [2.75, 3.05) is 20.3 Å². The first kappa shape index (κ1) is 12.7. The summed E-state index contributed by atoms with van der Waals surface area (Å²) in [5.41, 5.74) is 0. The Hall–Kier alpha value is -0.340. The molecule has 0 radical (unpaired) electrons. The van der Waals surface area contributed by atoms with E-state index < -0.39 is 0 Å². The van der Waals surface area contributed by atoms with E-state index in [2.05, 4.69) is 6.58 Å². The number of ether oxygens (including phenoxy) is 2. The fraction of sp³-hybridized carbons (Fsp3) is 0.818. The van der Waals surface area contributed by atoms with Crippen molar-refractivity contribution in [2.24, 2.45) is 5.92 Å². The average Bonchev–Trinajstić information content (AvgIpc) is 2.03. The Morgan fingerprint density at radius 2 is 2.00 bits per heavy atom. The third-order valence-electron chi connectivity index (χ3n) is 2.00. The van der Waals surface area contributed by atoms with Gasteiger partial charge in [0, 0.05) is 20.3 Å². The molecule has 1 aliphatic carbocycles. The summed E-state index contributed by atoms with van der Waals surface area (Å²) in [4.78, 5) is 0. The van der Waals surface area contributed by atoms with E-state index in [1.54, 1.807) is 13.2 Å². The van der Waals surface area contributed by atoms with Crippen molar-refractivity contribution in [2.45, 2.75) is 32.8 Å². The minimum absolute atomic E-state index is 0.533. The van der Waals surface area contributed by atoms with E-state index in [1.807, 2.05) is 13.8 Å². The number of hydrogen-bond acceptors (Lipinski definition) is 2. The minimum Gasteiger partial charge on any atom is -0.384 e. The van der Waals surface area contributed by atoms with Crippen LogP contribution in [-0.2, 0) is 9.47 Å². The summed E-state index contributed by atoms with van der Waals surface area (Å²) in [5, 5.41) is 0. The summed E-state index contributed by atoms with van der Waals surface area (Å²) in [6.45, 7) is 9.05. The first-order valence-electron chi connectivity index (χ1n) is 4.96. The third kappa shape index (κ3) is 5.83. The van der Waals surface area contributed by atoms with Crippen LogP contribution >= 0.6 is 0 Å². The number of methoxy groups -OCH3 is 1. The SMILES string of the molecule is C=CC.CCOC1CC(COC)C1. The molecule has 1 aliphatic rings. The number of hydrogen-bond donors (Lipinski definition) is 0. The molecule has 0 aromatic carbocycles. The molecule has 0 atom stereocenters. The summed E-state index contributed by atoms with van der Waals surface area (Å²) in [6, 6.07) is 0. The molecule has 1 rings (SSSR count). The van der Waals surface area contributed by atoms with Crippen LogP contribution in [-0.4, -0.2) is 26.4 Å². The van der Waals surface area contributed by atoms with E-state index in [-0.39, 0.29) is 0 Å². The Balaban J connectivity index is 0.000000424. The molecule has 0 amide bonds. The molecule has 2 heteroatoms. The van der Waals surface area contributed by atoms with Gasteiger partial charge in [-0.05, 0) is 32.6 Å². The van der Waals surface area contributed by atoms with Gasteiger partial charge >= 0.3 is 0 Å². The van der Waals surface area contributed by atoms with Crippen LogP contribution in [0.1, 0.15) is 26.7 Å².